The Bertz CT molecular complexity index is 895. The topological polar surface area (TPSA) is 83.7 Å². The molecule has 4 rings (SSSR count). The number of piperidine rings is 1. The highest BCUT2D eigenvalue weighted by atomic mass is 16.5. The fourth-order valence-corrected chi connectivity index (χ4v) is 4.52. The molecule has 0 saturated carbocycles. The van der Waals surface area contributed by atoms with Crippen molar-refractivity contribution in [3.05, 3.63) is 30.0 Å². The molecule has 0 aliphatic carbocycles. The second-order valence-electron chi connectivity index (χ2n) is 8.43. The van der Waals surface area contributed by atoms with Crippen LogP contribution in [0.3, 0.4) is 0 Å². The molecule has 2 saturated heterocycles. The van der Waals surface area contributed by atoms with Gasteiger partial charge in [-0.3, -0.25) is 9.59 Å². The van der Waals surface area contributed by atoms with Gasteiger partial charge in [-0.2, -0.15) is 0 Å². The molecule has 2 aromatic rings. The SMILES string of the molecule is COc1ccc2cc(C(=O)N3CCC([C@@H](C)C(=O)NC[C@H]4CCCO4)CC3)[nH]c2c1. The molecule has 162 valence electrons. The first-order chi connectivity index (χ1) is 14.5. The third-order valence-electron chi connectivity index (χ3n) is 6.54. The van der Waals surface area contributed by atoms with Crippen molar-refractivity contribution < 1.29 is 19.1 Å². The molecular formula is C23H31N3O4. The van der Waals surface area contributed by atoms with E-state index >= 15 is 0 Å². The van der Waals surface area contributed by atoms with E-state index in [1.54, 1.807) is 7.11 Å². The van der Waals surface area contributed by atoms with E-state index in [2.05, 4.69) is 10.3 Å². The number of benzene rings is 1. The fourth-order valence-electron chi connectivity index (χ4n) is 4.52. The van der Waals surface area contributed by atoms with Gasteiger partial charge in [-0.25, -0.2) is 0 Å². The monoisotopic (exact) mass is 413 g/mol. The van der Waals surface area contributed by atoms with Crippen molar-refractivity contribution in [3.8, 4) is 5.75 Å². The molecular weight excluding hydrogens is 382 g/mol. The first-order valence-electron chi connectivity index (χ1n) is 10.9. The third kappa shape index (κ3) is 4.46. The Balaban J connectivity index is 1.30. The summed E-state index contributed by atoms with van der Waals surface area (Å²) in [6.07, 6.45) is 3.95. The lowest BCUT2D eigenvalue weighted by Gasteiger charge is -2.34. The van der Waals surface area contributed by atoms with E-state index < -0.39 is 0 Å². The van der Waals surface area contributed by atoms with Gasteiger partial charge in [-0.1, -0.05) is 6.92 Å². The molecule has 0 bridgehead atoms. The standard InChI is InChI=1S/C23H31N3O4/c1-15(22(27)24-14-19-4-3-11-30-19)16-7-9-26(10-8-16)23(28)21-12-17-5-6-18(29-2)13-20(17)25-21/h5-6,12-13,15-16,19,25H,3-4,7-11,14H2,1-2H3,(H,24,27)/t15-,19-/m1/s1. The predicted molar refractivity (Wildman–Crippen MR) is 115 cm³/mol. The number of methoxy groups -OCH3 is 1. The van der Waals surface area contributed by atoms with E-state index in [0.717, 1.165) is 48.9 Å². The van der Waals surface area contributed by atoms with Crippen LogP contribution in [0.1, 0.15) is 43.1 Å². The quantitative estimate of drug-likeness (QED) is 0.763. The Labute approximate surface area is 177 Å². The van der Waals surface area contributed by atoms with E-state index in [1.165, 1.54) is 0 Å². The molecule has 3 heterocycles. The minimum Gasteiger partial charge on any atom is -0.497 e. The maximum Gasteiger partial charge on any atom is 0.270 e. The molecule has 2 amide bonds. The Morgan fingerprint density at radius 3 is 2.77 bits per heavy atom. The van der Waals surface area contributed by atoms with Crippen molar-refractivity contribution in [1.82, 2.24) is 15.2 Å². The second-order valence-corrected chi connectivity index (χ2v) is 8.43. The zero-order valence-electron chi connectivity index (χ0n) is 17.8. The third-order valence-corrected chi connectivity index (χ3v) is 6.54. The van der Waals surface area contributed by atoms with Gasteiger partial charge in [0.25, 0.3) is 5.91 Å². The number of rotatable bonds is 6. The van der Waals surface area contributed by atoms with Crippen LogP contribution in [0.2, 0.25) is 0 Å². The largest absolute Gasteiger partial charge is 0.497 e. The number of carbonyl (C=O) groups is 2. The van der Waals surface area contributed by atoms with Gasteiger partial charge in [0, 0.05) is 49.1 Å². The van der Waals surface area contributed by atoms with E-state index in [1.807, 2.05) is 36.1 Å². The first-order valence-corrected chi connectivity index (χ1v) is 10.9. The molecule has 1 aromatic heterocycles. The van der Waals surface area contributed by atoms with Gasteiger partial charge in [0.2, 0.25) is 5.91 Å². The summed E-state index contributed by atoms with van der Waals surface area (Å²) in [4.78, 5) is 30.6. The molecule has 2 atom stereocenters. The van der Waals surface area contributed by atoms with Crippen LogP contribution in [0, 0.1) is 11.8 Å². The highest BCUT2D eigenvalue weighted by molar-refractivity contribution is 5.98. The van der Waals surface area contributed by atoms with E-state index in [9.17, 15) is 9.59 Å². The number of carbonyl (C=O) groups excluding carboxylic acids is 2. The van der Waals surface area contributed by atoms with E-state index in [-0.39, 0.29) is 23.8 Å². The lowest BCUT2D eigenvalue weighted by Crippen LogP contribution is -2.43. The van der Waals surface area contributed by atoms with Gasteiger partial charge in [-0.05, 0) is 49.8 Å². The number of fused-ring (bicyclic) bond motifs is 1. The molecule has 2 aliphatic heterocycles. The first kappa shape index (κ1) is 20.7. The molecule has 30 heavy (non-hydrogen) atoms. The predicted octanol–water partition coefficient (Wildman–Crippen LogP) is 2.96. The van der Waals surface area contributed by atoms with Crippen LogP contribution < -0.4 is 10.1 Å². The lowest BCUT2D eigenvalue weighted by atomic mass is 9.84. The van der Waals surface area contributed by atoms with Crippen LogP contribution in [-0.4, -0.2) is 61.2 Å². The lowest BCUT2D eigenvalue weighted by molar-refractivity contribution is -0.127. The molecule has 2 fully saturated rings. The number of amides is 2. The highest BCUT2D eigenvalue weighted by Gasteiger charge is 2.31. The Morgan fingerprint density at radius 2 is 2.07 bits per heavy atom. The maximum absolute atomic E-state index is 13.0. The zero-order chi connectivity index (χ0) is 21.1. The van der Waals surface area contributed by atoms with Crippen LogP contribution in [0.4, 0.5) is 0 Å². The summed E-state index contributed by atoms with van der Waals surface area (Å²) in [6.45, 7) is 4.74. The molecule has 7 nitrogen and oxygen atoms in total. The molecule has 2 N–H and O–H groups in total. The number of aromatic nitrogens is 1. The number of hydrogen-bond donors (Lipinski definition) is 2. The van der Waals surface area contributed by atoms with Crippen molar-refractivity contribution in [2.75, 3.05) is 33.4 Å². The molecule has 0 radical (unpaired) electrons. The van der Waals surface area contributed by atoms with Crippen molar-refractivity contribution in [3.63, 3.8) is 0 Å². The van der Waals surface area contributed by atoms with Crippen molar-refractivity contribution in [1.29, 1.82) is 0 Å². The number of hydrogen-bond acceptors (Lipinski definition) is 4. The van der Waals surface area contributed by atoms with Gasteiger partial charge in [0.05, 0.1) is 13.2 Å². The summed E-state index contributed by atoms with van der Waals surface area (Å²) in [6, 6.07) is 7.63. The normalized spacial score (nSPS) is 21.0. The minimum absolute atomic E-state index is 0.0131. The number of likely N-dealkylation sites (tertiary alicyclic amines) is 1. The van der Waals surface area contributed by atoms with Crippen molar-refractivity contribution in [2.24, 2.45) is 11.8 Å². The average Bonchev–Trinajstić information content (AvgIpc) is 3.45. The van der Waals surface area contributed by atoms with Crippen LogP contribution in [-0.2, 0) is 9.53 Å². The molecule has 0 unspecified atom stereocenters. The zero-order valence-corrected chi connectivity index (χ0v) is 17.8. The maximum atomic E-state index is 13.0. The number of H-pyrrole nitrogens is 1. The van der Waals surface area contributed by atoms with Crippen LogP contribution in [0.15, 0.2) is 24.3 Å². The summed E-state index contributed by atoms with van der Waals surface area (Å²) in [5.74, 6) is 1.12. The van der Waals surface area contributed by atoms with Crippen LogP contribution in [0.5, 0.6) is 5.75 Å². The summed E-state index contributed by atoms with van der Waals surface area (Å²) >= 11 is 0. The summed E-state index contributed by atoms with van der Waals surface area (Å²) in [5, 5.41) is 4.04. The molecule has 0 spiro atoms. The molecule has 1 aromatic carbocycles. The van der Waals surface area contributed by atoms with Crippen LogP contribution in [0.25, 0.3) is 10.9 Å². The van der Waals surface area contributed by atoms with E-state index in [4.69, 9.17) is 9.47 Å². The number of aromatic amines is 1. The Hall–Kier alpha value is -2.54. The van der Waals surface area contributed by atoms with Gasteiger partial charge in [0.1, 0.15) is 11.4 Å². The Morgan fingerprint density at radius 1 is 1.27 bits per heavy atom. The van der Waals surface area contributed by atoms with Gasteiger partial charge in [0.15, 0.2) is 0 Å². The summed E-state index contributed by atoms with van der Waals surface area (Å²) in [5.41, 5.74) is 1.49. The van der Waals surface area contributed by atoms with Gasteiger partial charge < -0.3 is 24.7 Å². The van der Waals surface area contributed by atoms with Crippen molar-refractivity contribution >= 4 is 22.7 Å². The van der Waals surface area contributed by atoms with Gasteiger partial charge >= 0.3 is 0 Å². The average molecular weight is 414 g/mol. The fraction of sp³-hybridized carbons (Fsp3) is 0.565. The van der Waals surface area contributed by atoms with Crippen molar-refractivity contribution in [2.45, 2.75) is 38.7 Å². The number of nitrogens with zero attached hydrogens (tertiary/aromatic N) is 1. The van der Waals surface area contributed by atoms with Crippen LogP contribution >= 0.6 is 0 Å². The number of ether oxygens (including phenoxy) is 2. The smallest absolute Gasteiger partial charge is 0.270 e. The summed E-state index contributed by atoms with van der Waals surface area (Å²) < 4.78 is 10.8. The molecule has 7 heteroatoms. The second kappa shape index (κ2) is 9.08. The minimum atomic E-state index is -0.0517. The van der Waals surface area contributed by atoms with Gasteiger partial charge in [-0.15, -0.1) is 0 Å². The summed E-state index contributed by atoms with van der Waals surface area (Å²) in [7, 11) is 1.63. The van der Waals surface area contributed by atoms with E-state index in [0.29, 0.717) is 31.2 Å². The highest BCUT2D eigenvalue weighted by Crippen LogP contribution is 2.27. The number of nitrogens with one attached hydrogen (secondary N) is 2. The molecule has 2 aliphatic rings. The Kier molecular flexibility index (Phi) is 6.27.